The number of hydrogen-bond acceptors (Lipinski definition) is 4. The Hall–Kier alpha value is -2.74. The molecule has 0 N–H and O–H groups in total. The molecule has 0 bridgehead atoms. The quantitative estimate of drug-likeness (QED) is 0.769. The van der Waals surface area contributed by atoms with E-state index in [0.29, 0.717) is 32.1 Å². The van der Waals surface area contributed by atoms with E-state index in [2.05, 4.69) is 4.98 Å². The molecule has 1 aromatic carbocycles. The van der Waals surface area contributed by atoms with E-state index in [1.807, 2.05) is 13.0 Å². The van der Waals surface area contributed by atoms with Gasteiger partial charge in [0.05, 0.1) is 6.04 Å². The summed E-state index contributed by atoms with van der Waals surface area (Å²) in [6.07, 6.45) is 3.35. The number of rotatable bonds is 5. The summed E-state index contributed by atoms with van der Waals surface area (Å²) in [5.41, 5.74) is 0.758. The number of imidazole rings is 1. The Morgan fingerprint density at radius 1 is 1.28 bits per heavy atom. The predicted molar refractivity (Wildman–Crippen MR) is 103 cm³/mol. The third-order valence-electron chi connectivity index (χ3n) is 5.90. The van der Waals surface area contributed by atoms with Crippen molar-refractivity contribution in [2.75, 3.05) is 32.8 Å². The van der Waals surface area contributed by atoms with Gasteiger partial charge in [0.15, 0.2) is 5.82 Å². The molecule has 3 heterocycles. The second-order valence-electron chi connectivity index (χ2n) is 7.68. The maximum absolute atomic E-state index is 13.9. The number of aryl methyl sites for hydroxylation is 1. The number of halogens is 1. The molecule has 7 nitrogen and oxygen atoms in total. The molecule has 29 heavy (non-hydrogen) atoms. The van der Waals surface area contributed by atoms with Crippen molar-refractivity contribution in [1.29, 1.82) is 0 Å². The highest BCUT2D eigenvalue weighted by Crippen LogP contribution is 2.45. The van der Waals surface area contributed by atoms with Crippen LogP contribution in [-0.2, 0) is 16.6 Å². The Bertz CT molecular complexity index is 915. The van der Waals surface area contributed by atoms with Gasteiger partial charge in [-0.05, 0) is 24.6 Å². The van der Waals surface area contributed by atoms with E-state index in [9.17, 15) is 14.0 Å². The molecule has 2 saturated heterocycles. The third-order valence-corrected chi connectivity index (χ3v) is 5.90. The Labute approximate surface area is 169 Å². The average Bonchev–Trinajstić information content (AvgIpc) is 3.39. The van der Waals surface area contributed by atoms with Crippen LogP contribution < -0.4 is 0 Å². The van der Waals surface area contributed by atoms with Gasteiger partial charge in [-0.1, -0.05) is 12.1 Å². The van der Waals surface area contributed by atoms with Gasteiger partial charge in [-0.3, -0.25) is 9.59 Å². The Balaban J connectivity index is 1.59. The highest BCUT2D eigenvalue weighted by Gasteiger charge is 2.50. The lowest BCUT2D eigenvalue weighted by molar-refractivity contribution is -0.137. The Morgan fingerprint density at radius 2 is 2.10 bits per heavy atom. The minimum Gasteiger partial charge on any atom is -0.372 e. The molecule has 4 rings (SSSR count). The number of ether oxygens (including phenoxy) is 1. The zero-order chi connectivity index (χ0) is 20.5. The van der Waals surface area contributed by atoms with Crippen LogP contribution >= 0.6 is 0 Å². The van der Waals surface area contributed by atoms with Crippen LogP contribution in [0.2, 0.25) is 0 Å². The molecule has 2 aromatic rings. The van der Waals surface area contributed by atoms with Crippen LogP contribution in [0.3, 0.4) is 0 Å². The SMILES string of the molecule is CCOCC(=O)N1C[C@@H]2CN(C(=O)c3nccn3C)C[C@@H]2[C@H]1c1cccc(F)c1. The van der Waals surface area contributed by atoms with Gasteiger partial charge in [-0.25, -0.2) is 9.37 Å². The first kappa shape index (κ1) is 19.6. The van der Waals surface area contributed by atoms with Gasteiger partial charge in [-0.2, -0.15) is 0 Å². The van der Waals surface area contributed by atoms with E-state index in [1.54, 1.807) is 39.9 Å². The van der Waals surface area contributed by atoms with Crippen LogP contribution in [0.5, 0.6) is 0 Å². The third kappa shape index (κ3) is 3.64. The van der Waals surface area contributed by atoms with Crippen molar-refractivity contribution in [2.24, 2.45) is 18.9 Å². The van der Waals surface area contributed by atoms with E-state index >= 15 is 0 Å². The van der Waals surface area contributed by atoms with Crippen LogP contribution in [0.1, 0.15) is 29.1 Å². The Kier molecular flexibility index (Phi) is 5.36. The lowest BCUT2D eigenvalue weighted by Crippen LogP contribution is -2.39. The molecular formula is C21H25FN4O3. The fraction of sp³-hybridized carbons (Fsp3) is 0.476. The molecule has 3 atom stereocenters. The number of hydrogen-bond donors (Lipinski definition) is 0. The van der Waals surface area contributed by atoms with E-state index in [-0.39, 0.29) is 42.1 Å². The molecule has 2 aliphatic heterocycles. The minimum atomic E-state index is -0.331. The number of amides is 2. The molecule has 0 aliphatic carbocycles. The van der Waals surface area contributed by atoms with Crippen LogP contribution in [0.15, 0.2) is 36.7 Å². The molecule has 8 heteroatoms. The van der Waals surface area contributed by atoms with E-state index in [1.165, 1.54) is 12.1 Å². The number of carbonyl (C=O) groups excluding carboxylic acids is 2. The van der Waals surface area contributed by atoms with Crippen molar-refractivity contribution >= 4 is 11.8 Å². The number of benzene rings is 1. The molecule has 0 radical (unpaired) electrons. The molecule has 154 valence electrons. The van der Waals surface area contributed by atoms with Gasteiger partial charge in [0.2, 0.25) is 5.91 Å². The summed E-state index contributed by atoms with van der Waals surface area (Å²) in [6, 6.07) is 6.11. The van der Waals surface area contributed by atoms with Gasteiger partial charge < -0.3 is 19.1 Å². The average molecular weight is 400 g/mol. The zero-order valence-electron chi connectivity index (χ0n) is 16.6. The molecule has 2 aliphatic rings. The molecule has 2 fully saturated rings. The van der Waals surface area contributed by atoms with Gasteiger partial charge in [-0.15, -0.1) is 0 Å². The maximum Gasteiger partial charge on any atom is 0.289 e. The van der Waals surface area contributed by atoms with Gasteiger partial charge >= 0.3 is 0 Å². The standard InChI is InChI=1S/C21H25FN4O3/c1-3-29-13-18(27)26-11-15-10-25(21(28)20-23-7-8-24(20)2)12-17(15)19(26)14-5-4-6-16(22)9-14/h4-9,15,17,19H,3,10-13H2,1-2H3/t15-,17-,19+/m0/s1. The van der Waals surface area contributed by atoms with Crippen molar-refractivity contribution in [2.45, 2.75) is 13.0 Å². The van der Waals surface area contributed by atoms with Crippen LogP contribution in [0, 0.1) is 17.7 Å². The molecule has 0 spiro atoms. The van der Waals surface area contributed by atoms with Gasteiger partial charge in [0.25, 0.3) is 5.91 Å². The first-order chi connectivity index (χ1) is 14.0. The summed E-state index contributed by atoms with van der Waals surface area (Å²) < 4.78 is 21.0. The highest BCUT2D eigenvalue weighted by molar-refractivity contribution is 5.91. The van der Waals surface area contributed by atoms with Crippen molar-refractivity contribution < 1.29 is 18.7 Å². The molecule has 1 aromatic heterocycles. The van der Waals surface area contributed by atoms with E-state index < -0.39 is 0 Å². The van der Waals surface area contributed by atoms with Crippen molar-refractivity contribution in [1.82, 2.24) is 19.4 Å². The molecule has 0 unspecified atom stereocenters. The van der Waals surface area contributed by atoms with Crippen molar-refractivity contribution in [3.63, 3.8) is 0 Å². The minimum absolute atomic E-state index is 0.0116. The number of carbonyl (C=O) groups is 2. The van der Waals surface area contributed by atoms with Crippen LogP contribution in [0.4, 0.5) is 4.39 Å². The lowest BCUT2D eigenvalue weighted by atomic mass is 9.89. The van der Waals surface area contributed by atoms with Gasteiger partial charge in [0.1, 0.15) is 12.4 Å². The summed E-state index contributed by atoms with van der Waals surface area (Å²) >= 11 is 0. The zero-order valence-corrected chi connectivity index (χ0v) is 16.6. The fourth-order valence-electron chi connectivity index (χ4n) is 4.57. The number of likely N-dealkylation sites (tertiary alicyclic amines) is 2. The van der Waals surface area contributed by atoms with Crippen LogP contribution in [0.25, 0.3) is 0 Å². The maximum atomic E-state index is 13.9. The summed E-state index contributed by atoms with van der Waals surface area (Å²) in [6.45, 7) is 3.91. The summed E-state index contributed by atoms with van der Waals surface area (Å²) in [5.74, 6) is 0.0397. The summed E-state index contributed by atoms with van der Waals surface area (Å²) in [7, 11) is 1.79. The molecular weight excluding hydrogens is 375 g/mol. The topological polar surface area (TPSA) is 67.7 Å². The lowest BCUT2D eigenvalue weighted by Gasteiger charge is -2.30. The second kappa shape index (κ2) is 7.94. The summed E-state index contributed by atoms with van der Waals surface area (Å²) in [4.78, 5) is 33.4. The molecule has 2 amide bonds. The number of nitrogens with zero attached hydrogens (tertiary/aromatic N) is 4. The molecule has 0 saturated carbocycles. The first-order valence-corrected chi connectivity index (χ1v) is 9.88. The first-order valence-electron chi connectivity index (χ1n) is 9.88. The number of aromatic nitrogens is 2. The predicted octanol–water partition coefficient (Wildman–Crippen LogP) is 1.87. The largest absolute Gasteiger partial charge is 0.372 e. The van der Waals surface area contributed by atoms with Crippen molar-refractivity contribution in [3.05, 3.63) is 53.9 Å². The second-order valence-corrected chi connectivity index (χ2v) is 7.68. The summed E-state index contributed by atoms with van der Waals surface area (Å²) in [5, 5.41) is 0. The highest BCUT2D eigenvalue weighted by atomic mass is 19.1. The number of fused-ring (bicyclic) bond motifs is 1. The fourth-order valence-corrected chi connectivity index (χ4v) is 4.57. The van der Waals surface area contributed by atoms with E-state index in [4.69, 9.17) is 4.74 Å². The smallest absolute Gasteiger partial charge is 0.289 e. The monoisotopic (exact) mass is 400 g/mol. The van der Waals surface area contributed by atoms with E-state index in [0.717, 1.165) is 5.56 Å². The van der Waals surface area contributed by atoms with Crippen LogP contribution in [-0.4, -0.2) is 64.0 Å². The van der Waals surface area contributed by atoms with Crippen molar-refractivity contribution in [3.8, 4) is 0 Å². The normalized spacial score (nSPS) is 23.5. The van der Waals surface area contributed by atoms with Gasteiger partial charge in [0, 0.05) is 57.5 Å². The Morgan fingerprint density at radius 3 is 2.79 bits per heavy atom.